The maximum Gasteiger partial charge on any atom is 0.209 e. The lowest BCUT2D eigenvalue weighted by Gasteiger charge is -2.28. The molecule has 0 N–H and O–H groups in total. The summed E-state index contributed by atoms with van der Waals surface area (Å²) < 4.78 is 0. The van der Waals surface area contributed by atoms with Crippen molar-refractivity contribution in [2.24, 2.45) is 0 Å². The molecule has 0 heterocycles. The molecule has 0 aromatic rings. The zero-order valence-corrected chi connectivity index (χ0v) is 10.9. The Hall–Kier alpha value is 0.0249. The van der Waals surface area contributed by atoms with E-state index < -0.39 is 0 Å². The summed E-state index contributed by atoms with van der Waals surface area (Å²) in [5.74, 6) is 0. The van der Waals surface area contributed by atoms with E-state index >= 15 is 0 Å². The number of nitrogens with zero attached hydrogens (tertiary/aromatic N) is 1. The minimum Gasteiger partial charge on any atom is -0.345 e. The van der Waals surface area contributed by atoms with Crippen LogP contribution < -0.4 is 0 Å². The van der Waals surface area contributed by atoms with Gasteiger partial charge in [0.2, 0.25) is 7.41 Å². The Labute approximate surface area is 91.5 Å². The fraction of sp³-hybridized carbons (Fsp3) is 1.00. The lowest BCUT2D eigenvalue weighted by Crippen LogP contribution is -2.35. The lowest BCUT2D eigenvalue weighted by molar-refractivity contribution is 0.406. The molecule has 14 heavy (non-hydrogen) atoms. The Kier molecular flexibility index (Phi) is 7.35. The average molecular weight is 197 g/mol. The summed E-state index contributed by atoms with van der Waals surface area (Å²) in [4.78, 5) is 2.63. The molecule has 0 atom stereocenters. The van der Waals surface area contributed by atoms with Crippen molar-refractivity contribution in [3.05, 3.63) is 0 Å². The van der Waals surface area contributed by atoms with Gasteiger partial charge in [0.25, 0.3) is 0 Å². The standard InChI is InChI=1S/C12H28BN/c1-6-8-10-14(11-9-7-2)13-12(3,4)5/h13H,6-11H2,1-5H3. The molecule has 0 radical (unpaired) electrons. The van der Waals surface area contributed by atoms with Crippen LogP contribution in [0.15, 0.2) is 0 Å². The van der Waals surface area contributed by atoms with Gasteiger partial charge in [-0.1, -0.05) is 47.5 Å². The Bertz CT molecular complexity index is 121. The van der Waals surface area contributed by atoms with Crippen molar-refractivity contribution in [2.45, 2.75) is 65.6 Å². The molecule has 0 aromatic heterocycles. The first-order chi connectivity index (χ1) is 6.49. The fourth-order valence-corrected chi connectivity index (χ4v) is 1.70. The summed E-state index contributed by atoms with van der Waals surface area (Å²) in [5.41, 5.74) is 0. The first kappa shape index (κ1) is 14.0. The molecule has 0 spiro atoms. The fourth-order valence-electron chi connectivity index (χ4n) is 1.70. The molecule has 0 aliphatic heterocycles. The van der Waals surface area contributed by atoms with Crippen molar-refractivity contribution in [3.8, 4) is 0 Å². The predicted molar refractivity (Wildman–Crippen MR) is 68.3 cm³/mol. The molecule has 0 aromatic carbocycles. The number of hydrogen-bond acceptors (Lipinski definition) is 1. The quantitative estimate of drug-likeness (QED) is 0.565. The lowest BCUT2D eigenvalue weighted by atomic mass is 9.63. The van der Waals surface area contributed by atoms with E-state index in [2.05, 4.69) is 39.4 Å². The molecule has 0 amide bonds. The summed E-state index contributed by atoms with van der Waals surface area (Å²) in [6, 6.07) is 0. The number of rotatable bonds is 7. The minimum atomic E-state index is 0.446. The minimum absolute atomic E-state index is 0.446. The van der Waals surface area contributed by atoms with Crippen LogP contribution in [-0.2, 0) is 0 Å². The highest BCUT2D eigenvalue weighted by atomic mass is 15.0. The molecule has 1 nitrogen and oxygen atoms in total. The summed E-state index contributed by atoms with van der Waals surface area (Å²) >= 11 is 0. The van der Waals surface area contributed by atoms with Crippen molar-refractivity contribution in [1.29, 1.82) is 0 Å². The van der Waals surface area contributed by atoms with Gasteiger partial charge in [-0.3, -0.25) is 0 Å². The van der Waals surface area contributed by atoms with E-state index in [1.807, 2.05) is 0 Å². The van der Waals surface area contributed by atoms with Crippen LogP contribution in [0.1, 0.15) is 60.3 Å². The summed E-state index contributed by atoms with van der Waals surface area (Å²) in [5, 5.41) is 0.446. The van der Waals surface area contributed by atoms with E-state index in [1.54, 1.807) is 0 Å². The highest BCUT2D eigenvalue weighted by molar-refractivity contribution is 6.36. The molecule has 0 fully saturated rings. The van der Waals surface area contributed by atoms with Crippen LogP contribution in [0.3, 0.4) is 0 Å². The van der Waals surface area contributed by atoms with Crippen molar-refractivity contribution in [1.82, 2.24) is 4.81 Å². The van der Waals surface area contributed by atoms with Crippen LogP contribution in [0, 0.1) is 0 Å². The second-order valence-electron chi connectivity index (χ2n) is 5.54. The zero-order chi connectivity index (χ0) is 11.0. The van der Waals surface area contributed by atoms with Gasteiger partial charge in [-0.25, -0.2) is 0 Å². The molecule has 2 heteroatoms. The topological polar surface area (TPSA) is 3.24 Å². The Balaban J connectivity index is 3.84. The third-order valence-corrected chi connectivity index (χ3v) is 2.35. The van der Waals surface area contributed by atoms with E-state index in [1.165, 1.54) is 46.2 Å². The van der Waals surface area contributed by atoms with E-state index in [0.717, 1.165) is 0 Å². The molecule has 0 unspecified atom stereocenters. The molecule has 0 saturated heterocycles. The summed E-state index contributed by atoms with van der Waals surface area (Å²) in [7, 11) is 1.24. The Morgan fingerprint density at radius 3 is 1.64 bits per heavy atom. The van der Waals surface area contributed by atoms with Crippen LogP contribution in [0.4, 0.5) is 0 Å². The second-order valence-corrected chi connectivity index (χ2v) is 5.54. The number of unbranched alkanes of at least 4 members (excludes halogenated alkanes) is 2. The van der Waals surface area contributed by atoms with Crippen molar-refractivity contribution >= 4 is 7.41 Å². The maximum atomic E-state index is 2.63. The van der Waals surface area contributed by atoms with Gasteiger partial charge >= 0.3 is 0 Å². The van der Waals surface area contributed by atoms with Crippen LogP contribution >= 0.6 is 0 Å². The third-order valence-electron chi connectivity index (χ3n) is 2.35. The smallest absolute Gasteiger partial charge is 0.209 e. The van der Waals surface area contributed by atoms with Crippen molar-refractivity contribution in [2.75, 3.05) is 13.1 Å². The molecule has 0 aliphatic carbocycles. The van der Waals surface area contributed by atoms with Gasteiger partial charge in [-0.2, -0.15) is 0 Å². The van der Waals surface area contributed by atoms with Gasteiger partial charge in [0.15, 0.2) is 0 Å². The van der Waals surface area contributed by atoms with Gasteiger partial charge in [0.05, 0.1) is 0 Å². The van der Waals surface area contributed by atoms with Crippen LogP contribution in [0.25, 0.3) is 0 Å². The highest BCUT2D eigenvalue weighted by Crippen LogP contribution is 2.21. The highest BCUT2D eigenvalue weighted by Gasteiger charge is 2.17. The van der Waals surface area contributed by atoms with Gasteiger partial charge in [0, 0.05) is 0 Å². The zero-order valence-electron chi connectivity index (χ0n) is 10.9. The summed E-state index contributed by atoms with van der Waals surface area (Å²) in [6.45, 7) is 14.1. The first-order valence-electron chi connectivity index (χ1n) is 6.22. The second kappa shape index (κ2) is 7.33. The van der Waals surface area contributed by atoms with Gasteiger partial charge < -0.3 is 4.81 Å². The van der Waals surface area contributed by atoms with Crippen molar-refractivity contribution < 1.29 is 0 Å². The Morgan fingerprint density at radius 1 is 0.929 bits per heavy atom. The van der Waals surface area contributed by atoms with Gasteiger partial charge in [-0.05, 0) is 31.2 Å². The molecule has 0 rings (SSSR count). The molecular formula is C12H28BN. The average Bonchev–Trinajstić information content (AvgIpc) is 2.07. The summed E-state index contributed by atoms with van der Waals surface area (Å²) in [6.07, 6.45) is 5.32. The predicted octanol–water partition coefficient (Wildman–Crippen LogP) is 3.46. The molecule has 0 bridgehead atoms. The van der Waals surface area contributed by atoms with Crippen LogP contribution in [0.2, 0.25) is 5.31 Å². The van der Waals surface area contributed by atoms with Gasteiger partial charge in [-0.15, -0.1) is 0 Å². The number of hydrogen-bond donors (Lipinski definition) is 0. The normalized spacial score (nSPS) is 12.1. The SMILES string of the molecule is CCCCN(BC(C)(C)C)CCCC. The van der Waals surface area contributed by atoms with E-state index in [9.17, 15) is 0 Å². The molecule has 0 aliphatic rings. The van der Waals surface area contributed by atoms with E-state index in [-0.39, 0.29) is 0 Å². The monoisotopic (exact) mass is 197 g/mol. The third kappa shape index (κ3) is 8.62. The Morgan fingerprint density at radius 2 is 1.36 bits per heavy atom. The molecule has 0 saturated carbocycles. The van der Waals surface area contributed by atoms with Crippen molar-refractivity contribution in [3.63, 3.8) is 0 Å². The molecule has 84 valence electrons. The molecular weight excluding hydrogens is 169 g/mol. The van der Waals surface area contributed by atoms with E-state index in [0.29, 0.717) is 5.31 Å². The van der Waals surface area contributed by atoms with E-state index in [4.69, 9.17) is 0 Å². The first-order valence-corrected chi connectivity index (χ1v) is 6.22. The van der Waals surface area contributed by atoms with Crippen LogP contribution in [-0.4, -0.2) is 25.3 Å². The largest absolute Gasteiger partial charge is 0.345 e. The maximum absolute atomic E-state index is 2.63. The van der Waals surface area contributed by atoms with Gasteiger partial charge in [0.1, 0.15) is 0 Å². The van der Waals surface area contributed by atoms with Crippen LogP contribution in [0.5, 0.6) is 0 Å².